The molecule has 0 aromatic heterocycles. The molecule has 7 heavy (non-hydrogen) atoms. The van der Waals surface area contributed by atoms with E-state index in [0.29, 0.717) is 0 Å². The van der Waals surface area contributed by atoms with Gasteiger partial charge in [-0.3, -0.25) is 0 Å². The molecule has 0 aromatic rings. The Balaban J connectivity index is 3.13. The molecule has 0 aliphatic heterocycles. The van der Waals surface area contributed by atoms with Gasteiger partial charge < -0.3 is 5.32 Å². The third kappa shape index (κ3) is 5.40. The molecule has 0 radical (unpaired) electrons. The van der Waals surface area contributed by atoms with Crippen LogP contribution in [0.15, 0.2) is 0 Å². The lowest BCUT2D eigenvalue weighted by atomic mass is 10.4. The minimum absolute atomic E-state index is 0.0995. The molecule has 0 bridgehead atoms. The van der Waals surface area contributed by atoms with Crippen LogP contribution in [0.25, 0.3) is 0 Å². The Bertz CT molecular complexity index is 72.1. The molecule has 0 heterocycles. The van der Waals surface area contributed by atoms with Crippen LogP contribution in [-0.4, -0.2) is 12.2 Å². The Hall–Kier alpha value is -0.600. The summed E-state index contributed by atoms with van der Waals surface area (Å²) in [6.45, 7) is 3.38. The summed E-state index contributed by atoms with van der Waals surface area (Å²) in [7, 11) is 0. The Kier molecular flexibility index (Phi) is 2.33. The van der Waals surface area contributed by atoms with Gasteiger partial charge in [-0.2, -0.15) is 0 Å². The van der Waals surface area contributed by atoms with E-state index in [1.165, 1.54) is 0 Å². The van der Waals surface area contributed by atoms with E-state index in [4.69, 9.17) is 0 Å². The lowest BCUT2D eigenvalue weighted by molar-refractivity contribution is 0.219. The van der Waals surface area contributed by atoms with E-state index in [9.17, 15) is 9.18 Å². The van der Waals surface area contributed by atoms with Gasteiger partial charge in [0.05, 0.1) is 0 Å². The number of halogens is 1. The van der Waals surface area contributed by atoms with Gasteiger partial charge in [-0.05, 0) is 13.8 Å². The number of hydrogen-bond acceptors (Lipinski definition) is 1. The highest BCUT2D eigenvalue weighted by atomic mass is 19.1. The molecular formula is C4H8FNO. The fourth-order valence-electron chi connectivity index (χ4n) is 0.227. The predicted octanol–water partition coefficient (Wildman–Crippen LogP) is 1.07. The molecule has 0 saturated carbocycles. The second kappa shape index (κ2) is 2.55. The van der Waals surface area contributed by atoms with Crippen LogP contribution in [0, 0.1) is 0 Å². The van der Waals surface area contributed by atoms with Gasteiger partial charge in [0.1, 0.15) is 0 Å². The van der Waals surface area contributed by atoms with Gasteiger partial charge in [0.2, 0.25) is 0 Å². The molecule has 1 N–H and O–H groups in total. The lowest BCUT2D eigenvalue weighted by Crippen LogP contribution is -2.25. The van der Waals surface area contributed by atoms with Crippen molar-refractivity contribution in [2.45, 2.75) is 19.9 Å². The Morgan fingerprint density at radius 1 is 1.71 bits per heavy atom. The predicted molar refractivity (Wildman–Crippen MR) is 24.8 cm³/mol. The van der Waals surface area contributed by atoms with Gasteiger partial charge in [0, 0.05) is 6.04 Å². The van der Waals surface area contributed by atoms with Gasteiger partial charge in [0.25, 0.3) is 0 Å². The summed E-state index contributed by atoms with van der Waals surface area (Å²) in [5.41, 5.74) is 0. The molecular weight excluding hydrogens is 97.0 g/mol. The summed E-state index contributed by atoms with van der Waals surface area (Å²) in [6.07, 6.45) is -1.46. The lowest BCUT2D eigenvalue weighted by Gasteiger charge is -1.99. The van der Waals surface area contributed by atoms with Gasteiger partial charge in [0.15, 0.2) is 0 Å². The highest BCUT2D eigenvalue weighted by Crippen LogP contribution is 1.77. The number of hydrogen-bond donors (Lipinski definition) is 1. The van der Waals surface area contributed by atoms with Crippen LogP contribution in [0.5, 0.6) is 0 Å². The highest BCUT2D eigenvalue weighted by Gasteiger charge is 1.95. The van der Waals surface area contributed by atoms with Gasteiger partial charge in [-0.25, -0.2) is 4.79 Å². The van der Waals surface area contributed by atoms with E-state index in [-0.39, 0.29) is 6.04 Å². The summed E-state index contributed by atoms with van der Waals surface area (Å²) in [4.78, 5) is 9.48. The molecule has 0 saturated heterocycles. The number of rotatable bonds is 1. The number of carbonyl (C=O) groups excluding carboxylic acids is 1. The summed E-state index contributed by atoms with van der Waals surface area (Å²) in [6, 6.07) is -0.0995. The van der Waals surface area contributed by atoms with Crippen LogP contribution in [-0.2, 0) is 0 Å². The van der Waals surface area contributed by atoms with Crippen LogP contribution < -0.4 is 5.32 Å². The van der Waals surface area contributed by atoms with Crippen LogP contribution in [0.2, 0.25) is 0 Å². The molecule has 0 aromatic carbocycles. The normalized spacial score (nSPS) is 9.14. The minimum Gasteiger partial charge on any atom is -0.326 e. The van der Waals surface area contributed by atoms with Crippen molar-refractivity contribution in [1.29, 1.82) is 0 Å². The van der Waals surface area contributed by atoms with E-state index in [0.717, 1.165) is 0 Å². The number of amides is 1. The molecule has 0 rings (SSSR count). The highest BCUT2D eigenvalue weighted by molar-refractivity contribution is 5.65. The first-order valence-electron chi connectivity index (χ1n) is 2.09. The standard InChI is InChI=1S/C4H8FNO/c1-3(2)6-4(5)7/h3H,1-2H3,(H,6,7). The van der Waals surface area contributed by atoms with Crippen molar-refractivity contribution >= 4 is 6.16 Å². The maximum Gasteiger partial charge on any atom is 0.397 e. The summed E-state index contributed by atoms with van der Waals surface area (Å²) < 4.78 is 11.2. The third-order valence-electron chi connectivity index (χ3n) is 0.402. The second-order valence-corrected chi connectivity index (χ2v) is 1.57. The van der Waals surface area contributed by atoms with Crippen molar-refractivity contribution in [2.24, 2.45) is 0 Å². The first-order valence-corrected chi connectivity index (χ1v) is 2.09. The monoisotopic (exact) mass is 105 g/mol. The molecule has 0 unspecified atom stereocenters. The van der Waals surface area contributed by atoms with Crippen LogP contribution in [0.4, 0.5) is 9.18 Å². The van der Waals surface area contributed by atoms with Crippen molar-refractivity contribution in [2.75, 3.05) is 0 Å². The first-order chi connectivity index (χ1) is 3.13. The zero-order valence-corrected chi connectivity index (χ0v) is 4.36. The van der Waals surface area contributed by atoms with Crippen molar-refractivity contribution in [3.8, 4) is 0 Å². The van der Waals surface area contributed by atoms with Crippen LogP contribution >= 0.6 is 0 Å². The smallest absolute Gasteiger partial charge is 0.326 e. The number of carbonyl (C=O) groups is 1. The topological polar surface area (TPSA) is 29.1 Å². The summed E-state index contributed by atoms with van der Waals surface area (Å²) >= 11 is 0. The van der Waals surface area contributed by atoms with Gasteiger partial charge in [-0.15, -0.1) is 4.39 Å². The largest absolute Gasteiger partial charge is 0.397 e. The average Bonchev–Trinajstić information content (AvgIpc) is 1.27. The molecule has 1 amide bonds. The second-order valence-electron chi connectivity index (χ2n) is 1.57. The van der Waals surface area contributed by atoms with Crippen LogP contribution in [0.1, 0.15) is 13.8 Å². The Morgan fingerprint density at radius 3 is 2.14 bits per heavy atom. The van der Waals surface area contributed by atoms with Gasteiger partial charge in [-0.1, -0.05) is 0 Å². The van der Waals surface area contributed by atoms with E-state index < -0.39 is 6.16 Å². The maximum atomic E-state index is 11.2. The average molecular weight is 105 g/mol. The van der Waals surface area contributed by atoms with Crippen molar-refractivity contribution in [3.05, 3.63) is 0 Å². The molecule has 3 heteroatoms. The SMILES string of the molecule is CC(C)NC(=O)F. The Labute approximate surface area is 41.7 Å². The fourth-order valence-corrected chi connectivity index (χ4v) is 0.227. The van der Waals surface area contributed by atoms with Crippen LogP contribution in [0.3, 0.4) is 0 Å². The summed E-state index contributed by atoms with van der Waals surface area (Å²) in [5.74, 6) is 0. The molecule has 2 nitrogen and oxygen atoms in total. The molecule has 0 spiro atoms. The molecule has 0 atom stereocenters. The maximum absolute atomic E-state index is 11.2. The van der Waals surface area contributed by atoms with Crippen molar-refractivity contribution in [3.63, 3.8) is 0 Å². The van der Waals surface area contributed by atoms with E-state index in [2.05, 4.69) is 0 Å². The molecule has 0 aliphatic carbocycles. The minimum atomic E-state index is -1.46. The molecule has 0 fully saturated rings. The van der Waals surface area contributed by atoms with Gasteiger partial charge >= 0.3 is 6.16 Å². The molecule has 42 valence electrons. The first kappa shape index (κ1) is 6.40. The van der Waals surface area contributed by atoms with E-state index in [1.807, 2.05) is 5.32 Å². The number of nitrogens with one attached hydrogen (secondary N) is 1. The zero-order valence-electron chi connectivity index (χ0n) is 4.36. The fraction of sp³-hybridized carbons (Fsp3) is 0.750. The Morgan fingerprint density at radius 2 is 2.14 bits per heavy atom. The summed E-state index contributed by atoms with van der Waals surface area (Å²) in [5, 5.41) is 2.00. The quantitative estimate of drug-likeness (QED) is 0.392. The van der Waals surface area contributed by atoms with E-state index >= 15 is 0 Å². The van der Waals surface area contributed by atoms with Crippen molar-refractivity contribution < 1.29 is 9.18 Å². The zero-order chi connectivity index (χ0) is 5.86. The third-order valence-corrected chi connectivity index (χ3v) is 0.402. The van der Waals surface area contributed by atoms with E-state index in [1.54, 1.807) is 13.8 Å². The molecule has 0 aliphatic rings. The van der Waals surface area contributed by atoms with Crippen molar-refractivity contribution in [1.82, 2.24) is 5.32 Å².